The number of benzene rings is 2. The minimum atomic E-state index is -0.892. The predicted molar refractivity (Wildman–Crippen MR) is 201 cm³/mol. The Morgan fingerprint density at radius 2 is 1.31 bits per heavy atom. The van der Waals surface area contributed by atoms with E-state index in [0.29, 0.717) is 29.4 Å². The highest BCUT2D eigenvalue weighted by molar-refractivity contribution is 5.90. The first-order chi connectivity index (χ1) is 23.9. The van der Waals surface area contributed by atoms with Crippen molar-refractivity contribution in [1.82, 2.24) is 0 Å². The summed E-state index contributed by atoms with van der Waals surface area (Å²) in [5, 5.41) is 12.4. The summed E-state index contributed by atoms with van der Waals surface area (Å²) in [6.45, 7) is 18.4. The number of carbonyl (C=O) groups is 2. The van der Waals surface area contributed by atoms with Crippen LogP contribution >= 0.6 is 0 Å². The molecule has 2 aromatic carbocycles. The molecular formula is C45H64O6. The Kier molecular flexibility index (Phi) is 10.2. The van der Waals surface area contributed by atoms with Gasteiger partial charge in [0, 0.05) is 18.4 Å². The molecule has 0 bridgehead atoms. The molecule has 51 heavy (non-hydrogen) atoms. The molecule has 0 radical (unpaired) electrons. The highest BCUT2D eigenvalue weighted by Crippen LogP contribution is 2.76. The van der Waals surface area contributed by atoms with E-state index in [1.165, 1.54) is 0 Å². The topological polar surface area (TPSA) is 82.1 Å². The number of methoxy groups -OCH3 is 1. The van der Waals surface area contributed by atoms with Gasteiger partial charge in [-0.1, -0.05) is 71.0 Å². The molecule has 2 aromatic rings. The molecule has 4 aliphatic rings. The minimum absolute atomic E-state index is 0.00503. The molecule has 280 valence electrons. The van der Waals surface area contributed by atoms with E-state index in [4.69, 9.17) is 14.2 Å². The molecule has 10 atom stereocenters. The molecule has 6 rings (SSSR count). The molecule has 0 aliphatic heterocycles. The summed E-state index contributed by atoms with van der Waals surface area (Å²) in [7, 11) is 1.76. The quantitative estimate of drug-likeness (QED) is 0.249. The molecule has 0 aromatic heterocycles. The maximum absolute atomic E-state index is 13.9. The van der Waals surface area contributed by atoms with Crippen molar-refractivity contribution in [3.8, 4) is 0 Å². The zero-order valence-electron chi connectivity index (χ0n) is 32.8. The smallest absolute Gasteiger partial charge is 0.338 e. The number of hydrogen-bond acceptors (Lipinski definition) is 6. The van der Waals surface area contributed by atoms with Gasteiger partial charge in [-0.3, -0.25) is 0 Å². The third kappa shape index (κ3) is 6.60. The fourth-order valence-corrected chi connectivity index (χ4v) is 12.4. The third-order valence-corrected chi connectivity index (χ3v) is 15.6. The number of hydrogen-bond donors (Lipinski definition) is 1. The van der Waals surface area contributed by atoms with E-state index in [2.05, 4.69) is 48.5 Å². The van der Waals surface area contributed by atoms with Crippen LogP contribution in [-0.2, 0) is 14.2 Å². The first-order valence-electron chi connectivity index (χ1n) is 19.7. The summed E-state index contributed by atoms with van der Waals surface area (Å²) < 4.78 is 18.7. The summed E-state index contributed by atoms with van der Waals surface area (Å²) in [4.78, 5) is 27.2. The summed E-state index contributed by atoms with van der Waals surface area (Å²) in [6.07, 6.45) is 8.60. The molecule has 0 heterocycles. The van der Waals surface area contributed by atoms with E-state index in [0.717, 1.165) is 57.8 Å². The van der Waals surface area contributed by atoms with Crippen LogP contribution in [0.1, 0.15) is 140 Å². The van der Waals surface area contributed by atoms with Gasteiger partial charge in [-0.25, -0.2) is 9.59 Å². The third-order valence-electron chi connectivity index (χ3n) is 15.6. The lowest BCUT2D eigenvalue weighted by molar-refractivity contribution is -0.246. The lowest BCUT2D eigenvalue weighted by Crippen LogP contribution is -2.67. The molecule has 4 aliphatic carbocycles. The summed E-state index contributed by atoms with van der Waals surface area (Å²) in [5.41, 5.74) is -0.310. The van der Waals surface area contributed by atoms with Gasteiger partial charge in [0.05, 0.1) is 22.3 Å². The monoisotopic (exact) mass is 700 g/mol. The van der Waals surface area contributed by atoms with Crippen molar-refractivity contribution in [3.05, 3.63) is 71.8 Å². The predicted octanol–water partition coefficient (Wildman–Crippen LogP) is 10.1. The van der Waals surface area contributed by atoms with Gasteiger partial charge in [-0.05, 0) is 143 Å². The Balaban J connectivity index is 1.32. The van der Waals surface area contributed by atoms with E-state index in [1.54, 1.807) is 7.11 Å². The SMILES string of the molecule is COC(C)(C)CCC[C@@](C)(O)[C@H]1CC[C@]2(C)[C@@H]1[C@H](OC(=O)c1ccccc1)C[C@@H]1[C@@]3(C)CC[C@H](OC(=O)c4ccccc4)C(C)(C)[C@@H]3CC[C@]12C. The van der Waals surface area contributed by atoms with Crippen molar-refractivity contribution in [2.75, 3.05) is 7.11 Å². The highest BCUT2D eigenvalue weighted by atomic mass is 16.5. The van der Waals surface area contributed by atoms with Crippen LogP contribution in [0, 0.1) is 45.3 Å². The van der Waals surface area contributed by atoms with Gasteiger partial charge in [0.25, 0.3) is 0 Å². The Hall–Kier alpha value is -2.70. The van der Waals surface area contributed by atoms with E-state index in [-0.39, 0.29) is 63.2 Å². The minimum Gasteiger partial charge on any atom is -0.458 e. The van der Waals surface area contributed by atoms with Gasteiger partial charge in [-0.2, -0.15) is 0 Å². The van der Waals surface area contributed by atoms with Gasteiger partial charge in [0.15, 0.2) is 0 Å². The van der Waals surface area contributed by atoms with Crippen molar-refractivity contribution in [2.45, 2.75) is 143 Å². The number of carbonyl (C=O) groups excluding carboxylic acids is 2. The van der Waals surface area contributed by atoms with Crippen LogP contribution in [0.15, 0.2) is 60.7 Å². The molecule has 0 unspecified atom stereocenters. The van der Waals surface area contributed by atoms with Crippen LogP contribution in [0.25, 0.3) is 0 Å². The Bertz CT molecular complexity index is 1550. The molecule has 1 N–H and O–H groups in total. The molecule has 0 amide bonds. The zero-order chi connectivity index (χ0) is 37.0. The molecule has 6 heteroatoms. The van der Waals surface area contributed by atoms with Crippen LogP contribution < -0.4 is 0 Å². The first-order valence-corrected chi connectivity index (χ1v) is 19.7. The Morgan fingerprint density at radius 3 is 1.90 bits per heavy atom. The number of aliphatic hydroxyl groups is 1. The van der Waals surface area contributed by atoms with Crippen molar-refractivity contribution in [3.63, 3.8) is 0 Å². The molecule has 6 nitrogen and oxygen atoms in total. The lowest BCUT2D eigenvalue weighted by Gasteiger charge is -2.70. The van der Waals surface area contributed by atoms with Crippen molar-refractivity contribution < 1.29 is 28.9 Å². The van der Waals surface area contributed by atoms with E-state index < -0.39 is 5.60 Å². The maximum Gasteiger partial charge on any atom is 0.338 e. The summed E-state index contributed by atoms with van der Waals surface area (Å²) >= 11 is 0. The van der Waals surface area contributed by atoms with Gasteiger partial charge in [0.2, 0.25) is 0 Å². The van der Waals surface area contributed by atoms with Crippen LogP contribution in [-0.4, -0.2) is 47.6 Å². The molecule has 0 spiro atoms. The average Bonchev–Trinajstić information content (AvgIpc) is 3.48. The van der Waals surface area contributed by atoms with E-state index in [9.17, 15) is 14.7 Å². The van der Waals surface area contributed by atoms with Crippen molar-refractivity contribution >= 4 is 11.9 Å². The van der Waals surface area contributed by atoms with Crippen molar-refractivity contribution in [2.24, 2.45) is 45.3 Å². The normalized spacial score (nSPS) is 36.9. The lowest BCUT2D eigenvalue weighted by atomic mass is 9.35. The van der Waals surface area contributed by atoms with Crippen LogP contribution in [0.2, 0.25) is 0 Å². The van der Waals surface area contributed by atoms with Gasteiger partial charge < -0.3 is 19.3 Å². The second-order valence-electron chi connectivity index (χ2n) is 19.0. The number of esters is 2. The summed E-state index contributed by atoms with van der Waals surface area (Å²) in [5.74, 6) is 0.222. The molecular weight excluding hydrogens is 636 g/mol. The molecule has 4 saturated carbocycles. The fourth-order valence-electron chi connectivity index (χ4n) is 12.4. The van der Waals surface area contributed by atoms with Crippen molar-refractivity contribution in [1.29, 1.82) is 0 Å². The Labute approximate surface area is 307 Å². The number of ether oxygens (including phenoxy) is 3. The largest absolute Gasteiger partial charge is 0.458 e. The standard InChI is InChI=1S/C45H64O6/c1-40(2,49-9)24-16-25-45(8,48)32-21-27-44(7)37(32)33(50-38(46)30-17-12-10-13-18-30)29-35-42(5)26-23-36(51-39(47)31-19-14-11-15-20-31)41(3,4)34(42)22-28-43(35,44)6/h10-15,17-20,32-37,48H,16,21-29H2,1-9H3/t32-,33+,34-,35+,36-,37-,42-,43+,44+,45+/m0/s1. The summed E-state index contributed by atoms with van der Waals surface area (Å²) in [6, 6.07) is 18.7. The van der Waals surface area contributed by atoms with E-state index in [1.807, 2.05) is 67.6 Å². The Morgan fingerprint density at radius 1 is 0.745 bits per heavy atom. The highest BCUT2D eigenvalue weighted by Gasteiger charge is 2.72. The zero-order valence-corrected chi connectivity index (χ0v) is 32.8. The van der Waals surface area contributed by atoms with Gasteiger partial charge in [-0.15, -0.1) is 0 Å². The fraction of sp³-hybridized carbons (Fsp3) is 0.689. The molecule has 0 saturated heterocycles. The second kappa shape index (κ2) is 13.6. The van der Waals surface area contributed by atoms with Crippen LogP contribution in [0.5, 0.6) is 0 Å². The van der Waals surface area contributed by atoms with Gasteiger partial charge >= 0.3 is 11.9 Å². The number of fused-ring (bicyclic) bond motifs is 5. The van der Waals surface area contributed by atoms with Crippen LogP contribution in [0.3, 0.4) is 0 Å². The average molecular weight is 701 g/mol. The number of rotatable bonds is 10. The maximum atomic E-state index is 13.9. The van der Waals surface area contributed by atoms with E-state index >= 15 is 0 Å². The van der Waals surface area contributed by atoms with Crippen LogP contribution in [0.4, 0.5) is 0 Å². The van der Waals surface area contributed by atoms with Gasteiger partial charge in [0.1, 0.15) is 12.2 Å². The first kappa shape index (κ1) is 38.0. The second-order valence-corrected chi connectivity index (χ2v) is 19.0. The molecule has 4 fully saturated rings.